The van der Waals surface area contributed by atoms with Crippen molar-refractivity contribution in [3.63, 3.8) is 0 Å². The fourth-order valence-corrected chi connectivity index (χ4v) is 3.14. The van der Waals surface area contributed by atoms with Gasteiger partial charge in [0.1, 0.15) is 16.9 Å². The summed E-state index contributed by atoms with van der Waals surface area (Å²) in [4.78, 5) is 21.0. The van der Waals surface area contributed by atoms with Gasteiger partial charge in [0.2, 0.25) is 0 Å². The number of nitrogens with zero attached hydrogens (tertiary/aromatic N) is 4. The van der Waals surface area contributed by atoms with Gasteiger partial charge in [-0.25, -0.2) is 14.8 Å². The van der Waals surface area contributed by atoms with E-state index in [0.29, 0.717) is 17.3 Å². The molecule has 0 aromatic carbocycles. The summed E-state index contributed by atoms with van der Waals surface area (Å²) in [6, 6.07) is 0. The van der Waals surface area contributed by atoms with Crippen molar-refractivity contribution >= 4 is 22.9 Å². The van der Waals surface area contributed by atoms with Crippen molar-refractivity contribution in [2.24, 2.45) is 0 Å². The molecule has 8 nitrogen and oxygen atoms in total. The molecule has 2 aromatic heterocycles. The van der Waals surface area contributed by atoms with Gasteiger partial charge in [-0.15, -0.1) is 0 Å². The molecule has 0 bridgehead atoms. The molecule has 0 spiro atoms. The van der Waals surface area contributed by atoms with Crippen LogP contribution in [0.5, 0.6) is 0 Å². The number of anilines is 1. The zero-order valence-corrected chi connectivity index (χ0v) is 17.9. The monoisotopic (exact) mass is 391 g/mol. The van der Waals surface area contributed by atoms with Crippen molar-refractivity contribution < 1.29 is 14.7 Å². The third kappa shape index (κ3) is 5.13. The molecule has 156 valence electrons. The van der Waals surface area contributed by atoms with E-state index >= 15 is 0 Å². The van der Waals surface area contributed by atoms with E-state index in [-0.39, 0.29) is 6.54 Å². The number of fused-ring (bicyclic) bond motifs is 1. The smallest absolute Gasteiger partial charge is 0.434 e. The number of carbonyl (C=O) groups is 1. The molecule has 8 heteroatoms. The summed E-state index contributed by atoms with van der Waals surface area (Å²) >= 11 is 0. The Morgan fingerprint density at radius 2 is 1.93 bits per heavy atom. The van der Waals surface area contributed by atoms with Gasteiger partial charge in [0.25, 0.3) is 0 Å². The zero-order valence-electron chi connectivity index (χ0n) is 17.9. The molecule has 3 N–H and O–H groups in total. The number of aromatic nitrogens is 3. The van der Waals surface area contributed by atoms with Gasteiger partial charge in [0.15, 0.2) is 5.82 Å². The van der Waals surface area contributed by atoms with E-state index in [4.69, 9.17) is 15.5 Å². The molecule has 0 saturated heterocycles. The standard InChI is InChI=1S/C20H33N5O3/c1-7-10-15-23-16-17(13(2)14(3)22-18(16)21)24(15)11-8-9-12-25(27)19(26)28-20(4,5)6/h27H,7-12H2,1-6H3,(H2,21,22). The summed E-state index contributed by atoms with van der Waals surface area (Å²) in [6.45, 7) is 12.4. The molecule has 0 aliphatic carbocycles. The summed E-state index contributed by atoms with van der Waals surface area (Å²) in [5.41, 5.74) is 9.24. The maximum atomic E-state index is 11.8. The van der Waals surface area contributed by atoms with Crippen molar-refractivity contribution in [2.45, 2.75) is 79.4 Å². The predicted molar refractivity (Wildman–Crippen MR) is 109 cm³/mol. The number of hydrogen-bond donors (Lipinski definition) is 2. The number of nitrogen functional groups attached to an aromatic ring is 1. The minimum atomic E-state index is -0.724. The van der Waals surface area contributed by atoms with Crippen molar-refractivity contribution in [1.82, 2.24) is 19.6 Å². The third-order valence-electron chi connectivity index (χ3n) is 4.55. The van der Waals surface area contributed by atoms with Gasteiger partial charge in [-0.05, 0) is 59.4 Å². The van der Waals surface area contributed by atoms with Crippen LogP contribution in [0.1, 0.15) is 64.0 Å². The lowest BCUT2D eigenvalue weighted by Crippen LogP contribution is -2.35. The molecule has 0 unspecified atom stereocenters. The van der Waals surface area contributed by atoms with Crippen LogP contribution in [0.3, 0.4) is 0 Å². The fourth-order valence-electron chi connectivity index (χ4n) is 3.14. The van der Waals surface area contributed by atoms with Crippen molar-refractivity contribution in [3.8, 4) is 0 Å². The summed E-state index contributed by atoms with van der Waals surface area (Å²) in [5, 5.41) is 10.5. The van der Waals surface area contributed by atoms with Gasteiger partial charge >= 0.3 is 6.09 Å². The molecule has 0 fully saturated rings. The molecule has 0 saturated carbocycles. The maximum absolute atomic E-state index is 11.8. The Morgan fingerprint density at radius 3 is 2.54 bits per heavy atom. The van der Waals surface area contributed by atoms with Crippen LogP contribution in [0, 0.1) is 13.8 Å². The van der Waals surface area contributed by atoms with Gasteiger partial charge < -0.3 is 15.0 Å². The Bertz CT molecular complexity index is 839. The quantitative estimate of drug-likeness (QED) is 0.420. The van der Waals surface area contributed by atoms with Crippen LogP contribution in [-0.2, 0) is 17.7 Å². The van der Waals surface area contributed by atoms with Gasteiger partial charge in [0, 0.05) is 18.7 Å². The first-order chi connectivity index (χ1) is 13.0. The fraction of sp³-hybridized carbons (Fsp3) is 0.650. The highest BCUT2D eigenvalue weighted by Gasteiger charge is 2.21. The SMILES string of the molecule is CCCc1nc2c(N)nc(C)c(C)c2n1CCCCN(O)C(=O)OC(C)(C)C. The first kappa shape index (κ1) is 21.9. The minimum absolute atomic E-state index is 0.215. The molecule has 2 aromatic rings. The first-order valence-electron chi connectivity index (χ1n) is 9.86. The van der Waals surface area contributed by atoms with Crippen molar-refractivity contribution in [2.75, 3.05) is 12.3 Å². The highest BCUT2D eigenvalue weighted by Crippen LogP contribution is 2.27. The van der Waals surface area contributed by atoms with Crippen LogP contribution in [0.4, 0.5) is 10.6 Å². The number of amides is 1. The summed E-state index contributed by atoms with van der Waals surface area (Å²) in [7, 11) is 0. The number of carbonyl (C=O) groups excluding carboxylic acids is 1. The van der Waals surface area contributed by atoms with Crippen LogP contribution in [0.15, 0.2) is 0 Å². The van der Waals surface area contributed by atoms with E-state index in [9.17, 15) is 10.0 Å². The Balaban J connectivity index is 2.09. The molecular formula is C20H33N5O3. The number of rotatable bonds is 7. The zero-order chi connectivity index (χ0) is 21.1. The first-order valence-corrected chi connectivity index (χ1v) is 9.86. The summed E-state index contributed by atoms with van der Waals surface area (Å²) in [5.74, 6) is 1.45. The number of aryl methyl sites for hydroxylation is 4. The van der Waals surface area contributed by atoms with Crippen molar-refractivity contribution in [1.29, 1.82) is 0 Å². The Hall–Kier alpha value is -2.35. The van der Waals surface area contributed by atoms with Crippen LogP contribution in [0.2, 0.25) is 0 Å². The maximum Gasteiger partial charge on any atom is 0.434 e. The van der Waals surface area contributed by atoms with Crippen LogP contribution in [0.25, 0.3) is 11.0 Å². The lowest BCUT2D eigenvalue weighted by molar-refractivity contribution is -0.0944. The Kier molecular flexibility index (Phi) is 6.87. The molecule has 2 rings (SSSR count). The van der Waals surface area contributed by atoms with E-state index in [0.717, 1.165) is 53.9 Å². The number of nitrogens with two attached hydrogens (primary N) is 1. The highest BCUT2D eigenvalue weighted by molar-refractivity contribution is 5.88. The second kappa shape index (κ2) is 8.77. The Labute approximate surface area is 166 Å². The second-order valence-electron chi connectivity index (χ2n) is 8.14. The molecule has 28 heavy (non-hydrogen) atoms. The predicted octanol–water partition coefficient (Wildman–Crippen LogP) is 3.99. The molecular weight excluding hydrogens is 358 g/mol. The van der Waals surface area contributed by atoms with E-state index in [1.54, 1.807) is 20.8 Å². The summed E-state index contributed by atoms with van der Waals surface area (Å²) < 4.78 is 7.36. The van der Waals surface area contributed by atoms with Gasteiger partial charge in [-0.2, -0.15) is 5.06 Å². The largest absolute Gasteiger partial charge is 0.442 e. The second-order valence-corrected chi connectivity index (χ2v) is 8.14. The normalized spacial score (nSPS) is 11.8. The topological polar surface area (TPSA) is 107 Å². The number of hydroxylamine groups is 2. The van der Waals surface area contributed by atoms with Crippen LogP contribution >= 0.6 is 0 Å². The van der Waals surface area contributed by atoms with Gasteiger partial charge in [-0.3, -0.25) is 5.21 Å². The summed E-state index contributed by atoms with van der Waals surface area (Å²) in [6.07, 6.45) is 2.54. The van der Waals surface area contributed by atoms with E-state index in [1.807, 2.05) is 13.8 Å². The lowest BCUT2D eigenvalue weighted by Gasteiger charge is -2.23. The number of imidazole rings is 1. The van der Waals surface area contributed by atoms with Gasteiger partial charge in [-0.1, -0.05) is 6.92 Å². The average molecular weight is 392 g/mol. The van der Waals surface area contributed by atoms with E-state index in [2.05, 4.69) is 16.5 Å². The third-order valence-corrected chi connectivity index (χ3v) is 4.55. The molecule has 0 aliphatic heterocycles. The van der Waals surface area contributed by atoms with Gasteiger partial charge in [0.05, 0.1) is 12.1 Å². The van der Waals surface area contributed by atoms with Crippen LogP contribution in [-0.4, -0.2) is 43.0 Å². The molecule has 0 atom stereocenters. The van der Waals surface area contributed by atoms with E-state index in [1.165, 1.54) is 0 Å². The Morgan fingerprint density at radius 1 is 1.25 bits per heavy atom. The molecule has 1 amide bonds. The minimum Gasteiger partial charge on any atom is -0.442 e. The molecule has 0 radical (unpaired) electrons. The number of hydrogen-bond acceptors (Lipinski definition) is 6. The number of pyridine rings is 1. The van der Waals surface area contributed by atoms with E-state index < -0.39 is 11.7 Å². The number of unbranched alkanes of at least 4 members (excludes halogenated alkanes) is 1. The molecule has 0 aliphatic rings. The average Bonchev–Trinajstić information content (AvgIpc) is 2.94. The number of ether oxygens (including phenoxy) is 1. The highest BCUT2D eigenvalue weighted by atomic mass is 16.6. The molecule has 2 heterocycles. The lowest BCUT2D eigenvalue weighted by atomic mass is 10.2. The van der Waals surface area contributed by atoms with Crippen LogP contribution < -0.4 is 5.73 Å². The van der Waals surface area contributed by atoms with Crippen molar-refractivity contribution in [3.05, 3.63) is 17.1 Å².